The fraction of sp³-hybridized carbons (Fsp3) is 0.0714. The highest BCUT2D eigenvalue weighted by Crippen LogP contribution is 2.20. The van der Waals surface area contributed by atoms with Crippen LogP contribution in [0.25, 0.3) is 11.1 Å². The normalized spacial score (nSPS) is 10.9. The largest absolute Gasteiger partial charge is 0.484 e. The summed E-state index contributed by atoms with van der Waals surface area (Å²) in [5.74, 6) is -1.03. The number of hydrogen-bond donors (Lipinski definition) is 1. The van der Waals surface area contributed by atoms with Gasteiger partial charge in [0.2, 0.25) is 5.89 Å². The Labute approximate surface area is 112 Å². The third-order valence-electron chi connectivity index (χ3n) is 2.66. The monoisotopic (exact) mass is 276 g/mol. The molecule has 102 valence electrons. The van der Waals surface area contributed by atoms with E-state index in [0.717, 1.165) is 18.2 Å². The second-order valence-corrected chi connectivity index (χ2v) is 4.23. The fourth-order valence-corrected chi connectivity index (χ4v) is 1.81. The number of aromatic nitrogens is 1. The van der Waals surface area contributed by atoms with Gasteiger partial charge < -0.3 is 14.9 Å². The smallest absolute Gasteiger partial charge is 0.233 e. The number of ether oxygens (including phenoxy) is 1. The molecule has 0 aliphatic carbocycles. The number of nitrogens with zero attached hydrogens (tertiary/aromatic N) is 1. The van der Waals surface area contributed by atoms with Gasteiger partial charge in [-0.05, 0) is 12.1 Å². The molecule has 0 unspecified atom stereocenters. The lowest BCUT2D eigenvalue weighted by atomic mass is 10.3. The number of benzene rings is 2. The van der Waals surface area contributed by atoms with Crippen molar-refractivity contribution < 1.29 is 17.9 Å². The number of halogens is 2. The number of rotatable bonds is 3. The second-order valence-electron chi connectivity index (χ2n) is 4.23. The summed E-state index contributed by atoms with van der Waals surface area (Å²) in [7, 11) is 0. The average Bonchev–Trinajstić information content (AvgIpc) is 2.77. The molecule has 6 heteroatoms. The topological polar surface area (TPSA) is 61.3 Å². The molecule has 3 aromatic rings. The summed E-state index contributed by atoms with van der Waals surface area (Å²) >= 11 is 0. The second kappa shape index (κ2) is 4.80. The highest BCUT2D eigenvalue weighted by Gasteiger charge is 2.08. The zero-order chi connectivity index (χ0) is 14.1. The third kappa shape index (κ3) is 2.54. The zero-order valence-electron chi connectivity index (χ0n) is 10.3. The predicted octanol–water partition coefficient (Wildman–Crippen LogP) is 3.27. The van der Waals surface area contributed by atoms with Crippen LogP contribution in [0, 0.1) is 11.6 Å². The highest BCUT2D eigenvalue weighted by molar-refractivity contribution is 5.76. The Bertz CT molecular complexity index is 751. The SMILES string of the molecule is Nc1ccc2nc(COc3cc(F)cc(F)c3)oc2c1. The first kappa shape index (κ1) is 12.4. The molecule has 3 rings (SSSR count). The van der Waals surface area contributed by atoms with Crippen LogP contribution in [0.3, 0.4) is 0 Å². The summed E-state index contributed by atoms with van der Waals surface area (Å²) in [6, 6.07) is 8.02. The number of oxazole rings is 1. The first-order chi connectivity index (χ1) is 9.60. The van der Waals surface area contributed by atoms with E-state index >= 15 is 0 Å². The van der Waals surface area contributed by atoms with Gasteiger partial charge in [-0.1, -0.05) is 0 Å². The van der Waals surface area contributed by atoms with Gasteiger partial charge in [0.15, 0.2) is 12.2 Å². The predicted molar refractivity (Wildman–Crippen MR) is 69.1 cm³/mol. The Balaban J connectivity index is 1.79. The molecule has 0 saturated carbocycles. The van der Waals surface area contributed by atoms with E-state index in [9.17, 15) is 8.78 Å². The van der Waals surface area contributed by atoms with Gasteiger partial charge in [0, 0.05) is 30.0 Å². The summed E-state index contributed by atoms with van der Waals surface area (Å²) in [6.07, 6.45) is 0. The third-order valence-corrected chi connectivity index (χ3v) is 2.66. The van der Waals surface area contributed by atoms with Gasteiger partial charge in [-0.3, -0.25) is 0 Å². The van der Waals surface area contributed by atoms with E-state index in [1.54, 1.807) is 18.2 Å². The molecule has 1 heterocycles. The van der Waals surface area contributed by atoms with Crippen molar-refractivity contribution in [2.24, 2.45) is 0 Å². The first-order valence-corrected chi connectivity index (χ1v) is 5.84. The van der Waals surface area contributed by atoms with E-state index in [-0.39, 0.29) is 12.4 Å². The molecule has 0 atom stereocenters. The molecule has 0 spiro atoms. The fourth-order valence-electron chi connectivity index (χ4n) is 1.81. The van der Waals surface area contributed by atoms with Crippen molar-refractivity contribution in [3.05, 3.63) is 53.9 Å². The van der Waals surface area contributed by atoms with Crippen LogP contribution in [0.15, 0.2) is 40.8 Å². The van der Waals surface area contributed by atoms with E-state index in [4.69, 9.17) is 14.9 Å². The van der Waals surface area contributed by atoms with Crippen molar-refractivity contribution in [2.75, 3.05) is 5.73 Å². The number of nitrogens with two attached hydrogens (primary N) is 1. The molecule has 0 aliphatic rings. The van der Waals surface area contributed by atoms with Crippen molar-refractivity contribution in [1.82, 2.24) is 4.98 Å². The Morgan fingerprint density at radius 1 is 1.10 bits per heavy atom. The minimum absolute atomic E-state index is 0.0303. The lowest BCUT2D eigenvalue weighted by Crippen LogP contribution is -1.96. The minimum Gasteiger partial charge on any atom is -0.484 e. The van der Waals surface area contributed by atoms with Crippen molar-refractivity contribution in [3.8, 4) is 5.75 Å². The summed E-state index contributed by atoms with van der Waals surface area (Å²) in [5, 5.41) is 0. The molecule has 0 radical (unpaired) electrons. The van der Waals surface area contributed by atoms with Crippen LogP contribution in [-0.2, 0) is 6.61 Å². The van der Waals surface area contributed by atoms with Gasteiger partial charge >= 0.3 is 0 Å². The molecule has 0 saturated heterocycles. The van der Waals surface area contributed by atoms with Crippen LogP contribution < -0.4 is 10.5 Å². The van der Waals surface area contributed by atoms with Gasteiger partial charge in [-0.15, -0.1) is 0 Å². The molecule has 0 bridgehead atoms. The summed E-state index contributed by atoms with van der Waals surface area (Å²) in [4.78, 5) is 4.18. The van der Waals surface area contributed by atoms with Crippen LogP contribution in [0.1, 0.15) is 5.89 Å². The standard InChI is InChI=1S/C14H10F2N2O2/c15-8-3-9(16)5-11(4-8)19-7-14-18-12-2-1-10(17)6-13(12)20-14/h1-6H,7,17H2. The van der Waals surface area contributed by atoms with Crippen molar-refractivity contribution >= 4 is 16.8 Å². The van der Waals surface area contributed by atoms with Crippen LogP contribution in [-0.4, -0.2) is 4.98 Å². The maximum atomic E-state index is 13.0. The van der Waals surface area contributed by atoms with E-state index in [0.29, 0.717) is 22.7 Å². The summed E-state index contributed by atoms with van der Waals surface area (Å²) < 4.78 is 36.7. The molecule has 0 amide bonds. The Hall–Kier alpha value is -2.63. The molecule has 1 aromatic heterocycles. The lowest BCUT2D eigenvalue weighted by molar-refractivity contribution is 0.265. The number of hydrogen-bond acceptors (Lipinski definition) is 4. The maximum Gasteiger partial charge on any atom is 0.233 e. The Morgan fingerprint density at radius 2 is 1.85 bits per heavy atom. The van der Waals surface area contributed by atoms with Crippen LogP contribution in [0.4, 0.5) is 14.5 Å². The molecule has 2 aromatic carbocycles. The molecule has 2 N–H and O–H groups in total. The van der Waals surface area contributed by atoms with Crippen molar-refractivity contribution in [1.29, 1.82) is 0 Å². The molecule has 20 heavy (non-hydrogen) atoms. The van der Waals surface area contributed by atoms with Gasteiger partial charge in [0.25, 0.3) is 0 Å². The molecular weight excluding hydrogens is 266 g/mol. The van der Waals surface area contributed by atoms with Gasteiger partial charge in [-0.2, -0.15) is 0 Å². The van der Waals surface area contributed by atoms with Crippen LogP contribution in [0.2, 0.25) is 0 Å². The van der Waals surface area contributed by atoms with Crippen LogP contribution >= 0.6 is 0 Å². The first-order valence-electron chi connectivity index (χ1n) is 5.84. The zero-order valence-corrected chi connectivity index (χ0v) is 10.3. The van der Waals surface area contributed by atoms with Gasteiger partial charge in [-0.25, -0.2) is 13.8 Å². The van der Waals surface area contributed by atoms with Crippen LogP contribution in [0.5, 0.6) is 5.75 Å². The molecular formula is C14H10F2N2O2. The minimum atomic E-state index is -0.703. The average molecular weight is 276 g/mol. The quantitative estimate of drug-likeness (QED) is 0.746. The highest BCUT2D eigenvalue weighted by atomic mass is 19.1. The number of fused-ring (bicyclic) bond motifs is 1. The van der Waals surface area contributed by atoms with Gasteiger partial charge in [0.1, 0.15) is 22.9 Å². The molecule has 0 aliphatic heterocycles. The summed E-state index contributed by atoms with van der Waals surface area (Å²) in [6.45, 7) is -0.0303. The van der Waals surface area contributed by atoms with E-state index in [1.165, 1.54) is 0 Å². The Morgan fingerprint density at radius 3 is 2.60 bits per heavy atom. The summed E-state index contributed by atoms with van der Waals surface area (Å²) in [5.41, 5.74) is 7.37. The Kier molecular flexibility index (Phi) is 2.98. The van der Waals surface area contributed by atoms with Gasteiger partial charge in [0.05, 0.1) is 0 Å². The van der Waals surface area contributed by atoms with E-state index in [2.05, 4.69) is 4.98 Å². The molecule has 0 fully saturated rings. The number of anilines is 1. The lowest BCUT2D eigenvalue weighted by Gasteiger charge is -2.03. The van der Waals surface area contributed by atoms with Crippen molar-refractivity contribution in [2.45, 2.75) is 6.61 Å². The maximum absolute atomic E-state index is 13.0. The van der Waals surface area contributed by atoms with E-state index < -0.39 is 11.6 Å². The van der Waals surface area contributed by atoms with Crippen molar-refractivity contribution in [3.63, 3.8) is 0 Å². The van der Waals surface area contributed by atoms with E-state index in [1.807, 2.05) is 0 Å². The number of nitrogen functional groups attached to an aromatic ring is 1. The molecule has 4 nitrogen and oxygen atoms in total.